The summed E-state index contributed by atoms with van der Waals surface area (Å²) in [6.45, 7) is 9.03. The third kappa shape index (κ3) is 4.82. The summed E-state index contributed by atoms with van der Waals surface area (Å²) in [6.07, 6.45) is 2.36. The fraction of sp³-hybridized carbons (Fsp3) is 0.857. The highest BCUT2D eigenvalue weighted by Crippen LogP contribution is 2.16. The monoisotopic (exact) mass is 269 g/mol. The van der Waals surface area contributed by atoms with Gasteiger partial charge >= 0.3 is 0 Å². The zero-order valence-corrected chi connectivity index (χ0v) is 12.4. The van der Waals surface area contributed by atoms with Crippen LogP contribution in [-0.2, 0) is 9.59 Å². The summed E-state index contributed by atoms with van der Waals surface area (Å²) in [5.74, 6) is 0.140. The summed E-state index contributed by atoms with van der Waals surface area (Å²) in [4.78, 5) is 27.4. The Morgan fingerprint density at radius 1 is 1.47 bits per heavy atom. The first kappa shape index (κ1) is 16.0. The van der Waals surface area contributed by atoms with Crippen molar-refractivity contribution in [1.29, 1.82) is 0 Å². The molecular formula is C14H27N3O2. The van der Waals surface area contributed by atoms with Crippen LogP contribution >= 0.6 is 0 Å². The van der Waals surface area contributed by atoms with Crippen molar-refractivity contribution in [3.8, 4) is 0 Å². The van der Waals surface area contributed by atoms with E-state index in [1.54, 1.807) is 4.90 Å². The van der Waals surface area contributed by atoms with Crippen LogP contribution in [0.15, 0.2) is 0 Å². The van der Waals surface area contributed by atoms with Crippen LogP contribution in [0.25, 0.3) is 0 Å². The number of carbonyl (C=O) groups excluding carboxylic acids is 2. The lowest BCUT2D eigenvalue weighted by Crippen LogP contribution is -2.46. The van der Waals surface area contributed by atoms with E-state index in [1.165, 1.54) is 0 Å². The zero-order chi connectivity index (χ0) is 14.5. The molecule has 1 aliphatic heterocycles. The average Bonchev–Trinajstić information content (AvgIpc) is 2.74. The van der Waals surface area contributed by atoms with Crippen molar-refractivity contribution in [3.63, 3.8) is 0 Å². The topological polar surface area (TPSA) is 66.6 Å². The molecule has 0 aliphatic carbocycles. The van der Waals surface area contributed by atoms with Gasteiger partial charge in [-0.2, -0.15) is 0 Å². The second-order valence-corrected chi connectivity index (χ2v) is 6.10. The van der Waals surface area contributed by atoms with Crippen molar-refractivity contribution >= 4 is 11.8 Å². The molecular weight excluding hydrogens is 242 g/mol. The van der Waals surface area contributed by atoms with Gasteiger partial charge in [0, 0.05) is 26.1 Å². The fourth-order valence-electron chi connectivity index (χ4n) is 2.28. The minimum Gasteiger partial charge on any atom is -0.341 e. The van der Waals surface area contributed by atoms with Gasteiger partial charge in [-0.05, 0) is 24.8 Å². The van der Waals surface area contributed by atoms with E-state index in [9.17, 15) is 9.59 Å². The van der Waals surface area contributed by atoms with Crippen molar-refractivity contribution in [2.24, 2.45) is 11.1 Å². The molecule has 5 nitrogen and oxygen atoms in total. The maximum absolute atomic E-state index is 12.3. The lowest BCUT2D eigenvalue weighted by Gasteiger charge is -2.32. The first-order valence-corrected chi connectivity index (χ1v) is 7.15. The van der Waals surface area contributed by atoms with E-state index in [2.05, 4.69) is 20.8 Å². The molecule has 2 amide bonds. The van der Waals surface area contributed by atoms with Gasteiger partial charge in [-0.3, -0.25) is 9.59 Å². The lowest BCUT2D eigenvalue weighted by atomic mass is 9.93. The second kappa shape index (κ2) is 6.89. The van der Waals surface area contributed by atoms with Crippen LogP contribution in [0.3, 0.4) is 0 Å². The molecule has 1 rings (SSSR count). The molecule has 0 aromatic heterocycles. The summed E-state index contributed by atoms with van der Waals surface area (Å²) in [5.41, 5.74) is 5.65. The second-order valence-electron chi connectivity index (χ2n) is 6.10. The Bertz CT molecular complexity index is 329. The smallest absolute Gasteiger partial charge is 0.242 e. The minimum absolute atomic E-state index is 0.0404. The van der Waals surface area contributed by atoms with E-state index >= 15 is 0 Å². The first-order valence-electron chi connectivity index (χ1n) is 7.15. The van der Waals surface area contributed by atoms with Crippen LogP contribution < -0.4 is 5.73 Å². The average molecular weight is 269 g/mol. The van der Waals surface area contributed by atoms with Crippen molar-refractivity contribution < 1.29 is 9.59 Å². The molecule has 1 fully saturated rings. The van der Waals surface area contributed by atoms with E-state index in [1.807, 2.05) is 4.90 Å². The maximum atomic E-state index is 12.3. The summed E-state index contributed by atoms with van der Waals surface area (Å²) < 4.78 is 0. The highest BCUT2D eigenvalue weighted by atomic mass is 16.2. The van der Waals surface area contributed by atoms with Gasteiger partial charge in [0.2, 0.25) is 11.8 Å². The van der Waals surface area contributed by atoms with E-state index in [0.717, 1.165) is 19.4 Å². The lowest BCUT2D eigenvalue weighted by molar-refractivity contribution is -0.139. The fourth-order valence-corrected chi connectivity index (χ4v) is 2.28. The summed E-state index contributed by atoms with van der Waals surface area (Å²) in [6, 6.07) is 0. The third-order valence-electron chi connectivity index (χ3n) is 3.52. The van der Waals surface area contributed by atoms with Crippen LogP contribution in [0.1, 0.15) is 40.0 Å². The van der Waals surface area contributed by atoms with Crippen molar-refractivity contribution in [2.45, 2.75) is 40.0 Å². The molecule has 110 valence electrons. The largest absolute Gasteiger partial charge is 0.341 e. The number of nitrogens with zero attached hydrogens (tertiary/aromatic N) is 2. The molecule has 0 saturated carbocycles. The van der Waals surface area contributed by atoms with Gasteiger partial charge in [-0.1, -0.05) is 20.8 Å². The van der Waals surface area contributed by atoms with Gasteiger partial charge in [0.15, 0.2) is 0 Å². The Morgan fingerprint density at radius 2 is 2.16 bits per heavy atom. The molecule has 1 aliphatic rings. The van der Waals surface area contributed by atoms with Gasteiger partial charge in [-0.15, -0.1) is 0 Å². The van der Waals surface area contributed by atoms with E-state index in [0.29, 0.717) is 26.1 Å². The van der Waals surface area contributed by atoms with Gasteiger partial charge in [0.25, 0.3) is 0 Å². The highest BCUT2D eigenvalue weighted by molar-refractivity contribution is 5.85. The molecule has 5 heteroatoms. The Balaban J connectivity index is 2.59. The zero-order valence-electron chi connectivity index (χ0n) is 12.4. The number of hydrogen-bond donors (Lipinski definition) is 1. The molecule has 0 aromatic rings. The predicted molar refractivity (Wildman–Crippen MR) is 75.5 cm³/mol. The van der Waals surface area contributed by atoms with Gasteiger partial charge < -0.3 is 15.5 Å². The molecule has 0 radical (unpaired) electrons. The van der Waals surface area contributed by atoms with Crippen molar-refractivity contribution in [1.82, 2.24) is 9.80 Å². The quantitative estimate of drug-likeness (QED) is 0.744. The number of hydrogen-bond acceptors (Lipinski definition) is 3. The summed E-state index contributed by atoms with van der Waals surface area (Å²) in [7, 11) is 0. The van der Waals surface area contributed by atoms with E-state index in [4.69, 9.17) is 5.73 Å². The maximum Gasteiger partial charge on any atom is 0.242 e. The molecule has 1 heterocycles. The Kier molecular flexibility index (Phi) is 5.79. The predicted octanol–water partition coefficient (Wildman–Crippen LogP) is 0.832. The Morgan fingerprint density at radius 3 is 2.63 bits per heavy atom. The molecule has 19 heavy (non-hydrogen) atoms. The molecule has 0 spiro atoms. The van der Waals surface area contributed by atoms with Gasteiger partial charge in [0.1, 0.15) is 0 Å². The SMILES string of the molecule is CCCN(CC(C)(C)CN)C(=O)CN1CCCC1=O. The Hall–Kier alpha value is -1.10. The number of nitrogens with two attached hydrogens (primary N) is 1. The van der Waals surface area contributed by atoms with Gasteiger partial charge in [0.05, 0.1) is 6.54 Å². The molecule has 0 bridgehead atoms. The summed E-state index contributed by atoms with van der Waals surface area (Å²) in [5, 5.41) is 0. The van der Waals surface area contributed by atoms with E-state index in [-0.39, 0.29) is 23.8 Å². The normalized spacial score (nSPS) is 16.0. The molecule has 1 saturated heterocycles. The Labute approximate surface area is 116 Å². The molecule has 0 atom stereocenters. The highest BCUT2D eigenvalue weighted by Gasteiger charge is 2.27. The number of rotatable bonds is 7. The minimum atomic E-state index is -0.0835. The third-order valence-corrected chi connectivity index (χ3v) is 3.52. The number of carbonyl (C=O) groups is 2. The van der Waals surface area contributed by atoms with Crippen LogP contribution in [0.5, 0.6) is 0 Å². The van der Waals surface area contributed by atoms with Crippen LogP contribution in [0.4, 0.5) is 0 Å². The number of amides is 2. The van der Waals surface area contributed by atoms with Gasteiger partial charge in [-0.25, -0.2) is 0 Å². The molecule has 2 N–H and O–H groups in total. The summed E-state index contributed by atoms with van der Waals surface area (Å²) >= 11 is 0. The first-order chi connectivity index (χ1) is 8.89. The molecule has 0 unspecified atom stereocenters. The standard InChI is InChI=1S/C14H27N3O2/c1-4-7-17(11-14(2,3)10-15)13(19)9-16-8-5-6-12(16)18/h4-11,15H2,1-3H3. The van der Waals surface area contributed by atoms with Crippen LogP contribution in [0.2, 0.25) is 0 Å². The van der Waals surface area contributed by atoms with E-state index < -0.39 is 0 Å². The van der Waals surface area contributed by atoms with Crippen molar-refractivity contribution in [2.75, 3.05) is 32.7 Å². The van der Waals surface area contributed by atoms with Crippen LogP contribution in [0, 0.1) is 5.41 Å². The van der Waals surface area contributed by atoms with Crippen LogP contribution in [-0.4, -0.2) is 54.3 Å². The number of likely N-dealkylation sites (tertiary alicyclic amines) is 1. The molecule has 0 aromatic carbocycles. The van der Waals surface area contributed by atoms with Crippen molar-refractivity contribution in [3.05, 3.63) is 0 Å².